The number of rotatable bonds is 4. The average Bonchev–Trinajstić information content (AvgIpc) is 2.63. The van der Waals surface area contributed by atoms with Crippen LogP contribution in [0.5, 0.6) is 0 Å². The lowest BCUT2D eigenvalue weighted by atomic mass is 9.79. The molecule has 4 nitrogen and oxygen atoms in total. The maximum absolute atomic E-state index is 12.5. The normalized spacial score (nSPS) is 16.1. The number of fused-ring (bicyclic) bond motifs is 1. The van der Waals surface area contributed by atoms with Gasteiger partial charge in [0.15, 0.2) is 17.0 Å². The quantitative estimate of drug-likeness (QED) is 0.472. The fourth-order valence-electron chi connectivity index (χ4n) is 2.37. The minimum absolute atomic E-state index is 0.0435. The summed E-state index contributed by atoms with van der Waals surface area (Å²) in [6, 6.07) is 6.44. The molecule has 4 heteroatoms. The Morgan fingerprint density at radius 2 is 1.79 bits per heavy atom. The Morgan fingerprint density at radius 1 is 1.26 bits per heavy atom. The fourth-order valence-corrected chi connectivity index (χ4v) is 2.37. The molecule has 0 saturated heterocycles. The maximum atomic E-state index is 12.5. The lowest BCUT2D eigenvalue weighted by Crippen LogP contribution is -2.42. The van der Waals surface area contributed by atoms with Crippen LogP contribution in [0.4, 0.5) is 0 Å². The van der Waals surface area contributed by atoms with E-state index in [1.165, 1.54) is 6.08 Å². The summed E-state index contributed by atoms with van der Waals surface area (Å²) in [5.41, 5.74) is -1.22. The predicted octanol–water partition coefficient (Wildman–Crippen LogP) is 2.19. The van der Waals surface area contributed by atoms with Crippen LogP contribution in [0.1, 0.15) is 34.1 Å². The van der Waals surface area contributed by atoms with Crippen LogP contribution < -0.4 is 0 Å². The van der Waals surface area contributed by atoms with Crippen LogP contribution in [-0.4, -0.2) is 24.1 Å². The van der Waals surface area contributed by atoms with E-state index in [4.69, 9.17) is 4.74 Å². The highest BCUT2D eigenvalue weighted by atomic mass is 16.5. The van der Waals surface area contributed by atoms with Gasteiger partial charge in [0.25, 0.3) is 0 Å². The van der Waals surface area contributed by atoms with E-state index in [2.05, 4.69) is 6.58 Å². The summed E-state index contributed by atoms with van der Waals surface area (Å²) in [7, 11) is 0. The Morgan fingerprint density at radius 3 is 2.21 bits per heavy atom. The van der Waals surface area contributed by atoms with Gasteiger partial charge in [-0.1, -0.05) is 30.3 Å². The van der Waals surface area contributed by atoms with E-state index >= 15 is 0 Å². The van der Waals surface area contributed by atoms with Crippen molar-refractivity contribution in [3.63, 3.8) is 0 Å². The third kappa shape index (κ3) is 1.71. The SMILES string of the molecule is C=CCC1(C(=O)OCC)C(=O)c2ccccc2C1=O. The highest BCUT2D eigenvalue weighted by molar-refractivity contribution is 6.38. The third-order valence-electron chi connectivity index (χ3n) is 3.27. The smallest absolute Gasteiger partial charge is 0.328 e. The van der Waals surface area contributed by atoms with E-state index in [0.29, 0.717) is 0 Å². The van der Waals surface area contributed by atoms with Gasteiger partial charge in [-0.15, -0.1) is 6.58 Å². The van der Waals surface area contributed by atoms with E-state index in [1.807, 2.05) is 0 Å². The zero-order valence-corrected chi connectivity index (χ0v) is 10.6. The van der Waals surface area contributed by atoms with Crippen molar-refractivity contribution in [2.75, 3.05) is 6.61 Å². The van der Waals surface area contributed by atoms with E-state index in [9.17, 15) is 14.4 Å². The Labute approximate surface area is 111 Å². The molecule has 0 bridgehead atoms. The molecule has 0 N–H and O–H groups in total. The highest BCUT2D eigenvalue weighted by Gasteiger charge is 2.58. The predicted molar refractivity (Wildman–Crippen MR) is 69.0 cm³/mol. The van der Waals surface area contributed by atoms with Crippen molar-refractivity contribution >= 4 is 17.5 Å². The van der Waals surface area contributed by atoms with Crippen molar-refractivity contribution in [3.05, 3.63) is 48.0 Å². The first-order valence-corrected chi connectivity index (χ1v) is 6.06. The molecule has 0 aromatic heterocycles. The number of benzene rings is 1. The van der Waals surface area contributed by atoms with Crippen LogP contribution in [0.3, 0.4) is 0 Å². The first-order chi connectivity index (χ1) is 9.09. The van der Waals surface area contributed by atoms with Crippen LogP contribution >= 0.6 is 0 Å². The Hall–Kier alpha value is -2.23. The molecule has 1 aliphatic carbocycles. The second kappa shape index (κ2) is 4.80. The number of Topliss-reactive ketones (excluding diaryl/α,β-unsaturated/α-hetero) is 2. The topological polar surface area (TPSA) is 60.4 Å². The van der Waals surface area contributed by atoms with Gasteiger partial charge in [-0.2, -0.15) is 0 Å². The van der Waals surface area contributed by atoms with Gasteiger partial charge in [0.2, 0.25) is 0 Å². The van der Waals surface area contributed by atoms with E-state index in [-0.39, 0.29) is 24.2 Å². The molecule has 19 heavy (non-hydrogen) atoms. The van der Waals surface area contributed by atoms with Crippen molar-refractivity contribution in [3.8, 4) is 0 Å². The molecule has 0 saturated carbocycles. The number of allylic oxidation sites excluding steroid dienone is 1. The molecular formula is C15H14O4. The Balaban J connectivity index is 2.59. The number of ketones is 2. The first-order valence-electron chi connectivity index (χ1n) is 6.06. The summed E-state index contributed by atoms with van der Waals surface area (Å²) in [6.07, 6.45) is 1.36. The van der Waals surface area contributed by atoms with Gasteiger partial charge in [0, 0.05) is 11.1 Å². The maximum Gasteiger partial charge on any atom is 0.328 e. The van der Waals surface area contributed by atoms with Gasteiger partial charge in [0.05, 0.1) is 6.61 Å². The summed E-state index contributed by atoms with van der Waals surface area (Å²) in [6.45, 7) is 5.29. The molecule has 1 aromatic rings. The second-order valence-corrected chi connectivity index (χ2v) is 4.32. The van der Waals surface area contributed by atoms with Gasteiger partial charge in [0.1, 0.15) is 0 Å². The lowest BCUT2D eigenvalue weighted by Gasteiger charge is -2.21. The van der Waals surface area contributed by atoms with E-state index < -0.39 is 23.0 Å². The van der Waals surface area contributed by atoms with Crippen LogP contribution in [-0.2, 0) is 9.53 Å². The first kappa shape index (κ1) is 13.2. The molecule has 0 unspecified atom stereocenters. The highest BCUT2D eigenvalue weighted by Crippen LogP contribution is 2.40. The summed E-state index contributed by atoms with van der Waals surface area (Å²) >= 11 is 0. The number of carbonyl (C=O) groups is 3. The Bertz CT molecular complexity index is 536. The molecule has 0 spiro atoms. The van der Waals surface area contributed by atoms with Gasteiger partial charge < -0.3 is 4.74 Å². The summed E-state index contributed by atoms with van der Waals surface area (Å²) in [5, 5.41) is 0. The molecule has 0 fully saturated rings. The number of carbonyl (C=O) groups excluding carboxylic acids is 3. The van der Waals surface area contributed by atoms with Gasteiger partial charge in [-0.25, -0.2) is 0 Å². The lowest BCUT2D eigenvalue weighted by molar-refractivity contribution is -0.149. The summed E-state index contributed by atoms with van der Waals surface area (Å²) < 4.78 is 4.93. The largest absolute Gasteiger partial charge is 0.465 e. The molecule has 1 aliphatic rings. The van der Waals surface area contributed by atoms with Crippen molar-refractivity contribution in [2.24, 2.45) is 5.41 Å². The second-order valence-electron chi connectivity index (χ2n) is 4.32. The monoisotopic (exact) mass is 258 g/mol. The zero-order valence-electron chi connectivity index (χ0n) is 10.6. The van der Waals surface area contributed by atoms with Gasteiger partial charge >= 0.3 is 5.97 Å². The van der Waals surface area contributed by atoms with Crippen molar-refractivity contribution in [1.29, 1.82) is 0 Å². The molecule has 2 rings (SSSR count). The van der Waals surface area contributed by atoms with Crippen molar-refractivity contribution < 1.29 is 19.1 Å². The molecule has 98 valence electrons. The molecular weight excluding hydrogens is 244 g/mol. The fraction of sp³-hybridized carbons (Fsp3) is 0.267. The molecule has 0 radical (unpaired) electrons. The number of hydrogen-bond donors (Lipinski definition) is 0. The van der Waals surface area contributed by atoms with Crippen LogP contribution in [0.2, 0.25) is 0 Å². The third-order valence-corrected chi connectivity index (χ3v) is 3.27. The van der Waals surface area contributed by atoms with E-state index in [1.54, 1.807) is 31.2 Å². The van der Waals surface area contributed by atoms with Crippen LogP contribution in [0, 0.1) is 5.41 Å². The van der Waals surface area contributed by atoms with Gasteiger partial charge in [-0.05, 0) is 13.3 Å². The Kier molecular flexibility index (Phi) is 3.34. The van der Waals surface area contributed by atoms with E-state index in [0.717, 1.165) is 0 Å². The summed E-state index contributed by atoms with van der Waals surface area (Å²) in [4.78, 5) is 37.1. The molecule has 0 amide bonds. The number of hydrogen-bond acceptors (Lipinski definition) is 4. The van der Waals surface area contributed by atoms with Crippen molar-refractivity contribution in [1.82, 2.24) is 0 Å². The molecule has 1 aromatic carbocycles. The molecule has 0 heterocycles. The number of esters is 1. The minimum atomic E-state index is -1.78. The molecule has 0 atom stereocenters. The van der Waals surface area contributed by atoms with Crippen LogP contribution in [0.15, 0.2) is 36.9 Å². The molecule has 0 aliphatic heterocycles. The van der Waals surface area contributed by atoms with Crippen LogP contribution in [0.25, 0.3) is 0 Å². The van der Waals surface area contributed by atoms with Crippen molar-refractivity contribution in [2.45, 2.75) is 13.3 Å². The number of ether oxygens (including phenoxy) is 1. The average molecular weight is 258 g/mol. The summed E-state index contributed by atoms with van der Waals surface area (Å²) in [5.74, 6) is -1.78. The minimum Gasteiger partial charge on any atom is -0.465 e. The standard InChI is InChI=1S/C15H14O4/c1-3-9-15(14(18)19-4-2)12(16)10-7-5-6-8-11(10)13(15)17/h3,5-8H,1,4,9H2,2H3. The van der Waals surface area contributed by atoms with Gasteiger partial charge in [-0.3, -0.25) is 14.4 Å². The zero-order chi connectivity index (χ0) is 14.0.